The van der Waals surface area contributed by atoms with Crippen molar-refractivity contribution in [3.63, 3.8) is 0 Å². The van der Waals surface area contributed by atoms with Crippen molar-refractivity contribution >= 4 is 29.3 Å². The van der Waals surface area contributed by atoms with Gasteiger partial charge in [-0.3, -0.25) is 9.59 Å². The number of anilines is 1. The Balaban J connectivity index is 1.75. The van der Waals surface area contributed by atoms with Crippen LogP contribution in [0.4, 0.5) is 5.69 Å². The Labute approximate surface area is 157 Å². The molecule has 7 heteroatoms. The number of rotatable bonds is 4. The van der Waals surface area contributed by atoms with Crippen molar-refractivity contribution in [1.82, 2.24) is 10.1 Å². The van der Waals surface area contributed by atoms with Crippen molar-refractivity contribution in [2.45, 2.75) is 39.7 Å². The van der Waals surface area contributed by atoms with Crippen LogP contribution in [-0.2, 0) is 9.59 Å². The van der Waals surface area contributed by atoms with Gasteiger partial charge in [0.25, 0.3) is 0 Å². The molecular weight excluding hydrogens is 350 g/mol. The molecule has 0 saturated carbocycles. The average Bonchev–Trinajstić information content (AvgIpc) is 3.20. The predicted molar refractivity (Wildman–Crippen MR) is 102 cm³/mol. The van der Waals surface area contributed by atoms with Crippen LogP contribution in [0, 0.1) is 20.8 Å². The Morgan fingerprint density at radius 1 is 1.35 bits per heavy atom. The highest BCUT2D eigenvalue weighted by Crippen LogP contribution is 2.30. The van der Waals surface area contributed by atoms with Crippen LogP contribution < -0.4 is 5.32 Å². The van der Waals surface area contributed by atoms with Gasteiger partial charge in [-0.1, -0.05) is 17.3 Å². The normalized spacial score (nSPS) is 18.0. The highest BCUT2D eigenvalue weighted by atomic mass is 32.2. The molecule has 2 atom stereocenters. The summed E-state index contributed by atoms with van der Waals surface area (Å²) in [5, 5.41) is 6.86. The van der Waals surface area contributed by atoms with Crippen molar-refractivity contribution in [1.29, 1.82) is 0 Å². The lowest BCUT2D eigenvalue weighted by Gasteiger charge is -2.26. The Morgan fingerprint density at radius 3 is 2.77 bits per heavy atom. The lowest BCUT2D eigenvalue weighted by Crippen LogP contribution is -2.46. The van der Waals surface area contributed by atoms with Gasteiger partial charge < -0.3 is 14.7 Å². The van der Waals surface area contributed by atoms with Crippen LogP contribution in [-0.4, -0.2) is 39.5 Å². The zero-order valence-corrected chi connectivity index (χ0v) is 16.2. The lowest BCUT2D eigenvalue weighted by molar-refractivity contribution is -0.137. The first kappa shape index (κ1) is 18.5. The number of aromatic nitrogens is 1. The van der Waals surface area contributed by atoms with E-state index < -0.39 is 12.0 Å². The van der Waals surface area contributed by atoms with Crippen LogP contribution in [0.25, 0.3) is 0 Å². The summed E-state index contributed by atoms with van der Waals surface area (Å²) in [6.07, 6.45) is 0. The summed E-state index contributed by atoms with van der Waals surface area (Å²) in [7, 11) is 0. The molecule has 0 bridgehead atoms. The number of benzene rings is 1. The molecule has 2 unspecified atom stereocenters. The van der Waals surface area contributed by atoms with Gasteiger partial charge in [0.2, 0.25) is 11.8 Å². The summed E-state index contributed by atoms with van der Waals surface area (Å²) in [5.41, 5.74) is 3.35. The Morgan fingerprint density at radius 2 is 2.12 bits per heavy atom. The number of hydrogen-bond donors (Lipinski definition) is 1. The third-order valence-corrected chi connectivity index (χ3v) is 5.66. The number of nitrogens with one attached hydrogen (secondary N) is 1. The fourth-order valence-corrected chi connectivity index (χ4v) is 4.47. The lowest BCUT2D eigenvalue weighted by atomic mass is 9.97. The first-order valence-electron chi connectivity index (χ1n) is 8.57. The summed E-state index contributed by atoms with van der Waals surface area (Å²) in [6, 6.07) is 7.17. The van der Waals surface area contributed by atoms with Gasteiger partial charge in [-0.25, -0.2) is 0 Å². The van der Waals surface area contributed by atoms with E-state index in [-0.39, 0.29) is 11.8 Å². The second kappa shape index (κ2) is 7.53. The molecule has 138 valence electrons. The molecule has 0 aliphatic carbocycles. The highest BCUT2D eigenvalue weighted by molar-refractivity contribution is 7.99. The van der Waals surface area contributed by atoms with E-state index in [0.29, 0.717) is 17.4 Å². The molecule has 0 spiro atoms. The van der Waals surface area contributed by atoms with E-state index in [0.717, 1.165) is 22.5 Å². The second-order valence-corrected chi connectivity index (χ2v) is 7.64. The van der Waals surface area contributed by atoms with Crippen molar-refractivity contribution in [3.05, 3.63) is 46.8 Å². The number of aryl methyl sites for hydroxylation is 3. The maximum atomic E-state index is 13.0. The van der Waals surface area contributed by atoms with E-state index in [1.165, 1.54) is 0 Å². The van der Waals surface area contributed by atoms with Crippen LogP contribution in [0.1, 0.15) is 35.4 Å². The van der Waals surface area contributed by atoms with E-state index in [4.69, 9.17) is 4.52 Å². The standard InChI is InChI=1S/C19H23N3O3S/c1-11-6-5-7-15(8-11)20-18(23)16-9-26-10-22(16)19(24)12(2)17-13(3)21-25-14(17)4/h5-8,12,16H,9-10H2,1-4H3,(H,20,23). The first-order chi connectivity index (χ1) is 12.4. The summed E-state index contributed by atoms with van der Waals surface area (Å²) in [5.74, 6) is 1.13. The number of thioether (sulfide) groups is 1. The molecule has 1 aliphatic rings. The summed E-state index contributed by atoms with van der Waals surface area (Å²) in [4.78, 5) is 27.4. The van der Waals surface area contributed by atoms with Crippen LogP contribution in [0.2, 0.25) is 0 Å². The van der Waals surface area contributed by atoms with Gasteiger partial charge >= 0.3 is 0 Å². The number of nitrogens with zero attached hydrogens (tertiary/aromatic N) is 2. The average molecular weight is 373 g/mol. The van der Waals surface area contributed by atoms with Crippen LogP contribution in [0.15, 0.2) is 28.8 Å². The van der Waals surface area contributed by atoms with Crippen LogP contribution in [0.5, 0.6) is 0 Å². The van der Waals surface area contributed by atoms with Crippen LogP contribution >= 0.6 is 11.8 Å². The van der Waals surface area contributed by atoms with Gasteiger partial charge in [0.1, 0.15) is 11.8 Å². The quantitative estimate of drug-likeness (QED) is 0.890. The van der Waals surface area contributed by atoms with Crippen molar-refractivity contribution in [3.8, 4) is 0 Å². The van der Waals surface area contributed by atoms with Crippen molar-refractivity contribution in [2.24, 2.45) is 0 Å². The minimum Gasteiger partial charge on any atom is -0.361 e. The Hall–Kier alpha value is -2.28. The maximum absolute atomic E-state index is 13.0. The second-order valence-electron chi connectivity index (χ2n) is 6.64. The Kier molecular flexibility index (Phi) is 5.36. The molecule has 3 rings (SSSR count). The van der Waals surface area contributed by atoms with Gasteiger partial charge in [0, 0.05) is 17.0 Å². The zero-order valence-electron chi connectivity index (χ0n) is 15.4. The van der Waals surface area contributed by atoms with E-state index in [1.807, 2.05) is 45.0 Å². The Bertz CT molecular complexity index is 814. The molecule has 6 nitrogen and oxygen atoms in total. The van der Waals surface area contributed by atoms with E-state index in [1.54, 1.807) is 23.6 Å². The third kappa shape index (κ3) is 3.62. The van der Waals surface area contributed by atoms with E-state index in [2.05, 4.69) is 10.5 Å². The molecule has 1 aliphatic heterocycles. The third-order valence-electron chi connectivity index (χ3n) is 4.65. The molecule has 2 heterocycles. The van der Waals surface area contributed by atoms with Gasteiger partial charge in [-0.2, -0.15) is 0 Å². The number of carbonyl (C=O) groups is 2. The molecule has 2 aromatic rings. The highest BCUT2D eigenvalue weighted by Gasteiger charge is 2.38. The fraction of sp³-hybridized carbons (Fsp3) is 0.421. The topological polar surface area (TPSA) is 75.4 Å². The van der Waals surface area contributed by atoms with Gasteiger partial charge in [0.05, 0.1) is 17.5 Å². The molecule has 1 N–H and O–H groups in total. The number of hydrogen-bond acceptors (Lipinski definition) is 5. The molecule has 1 saturated heterocycles. The smallest absolute Gasteiger partial charge is 0.248 e. The van der Waals surface area contributed by atoms with Crippen LogP contribution in [0.3, 0.4) is 0 Å². The molecule has 26 heavy (non-hydrogen) atoms. The molecule has 1 fully saturated rings. The minimum absolute atomic E-state index is 0.0752. The minimum atomic E-state index is -0.476. The number of amides is 2. The zero-order chi connectivity index (χ0) is 18.8. The molecule has 2 amide bonds. The summed E-state index contributed by atoms with van der Waals surface area (Å²) < 4.78 is 5.19. The summed E-state index contributed by atoms with van der Waals surface area (Å²) >= 11 is 1.59. The molecule has 0 radical (unpaired) electrons. The SMILES string of the molecule is Cc1cccc(NC(=O)C2CSCN2C(=O)C(C)c2c(C)noc2C)c1. The maximum Gasteiger partial charge on any atom is 0.248 e. The molecular formula is C19H23N3O3S. The fourth-order valence-electron chi connectivity index (χ4n) is 3.31. The molecule has 1 aromatic heterocycles. The molecule has 1 aromatic carbocycles. The number of carbonyl (C=O) groups excluding carboxylic acids is 2. The predicted octanol–water partition coefficient (Wildman–Crippen LogP) is 3.24. The monoisotopic (exact) mass is 373 g/mol. The first-order valence-corrected chi connectivity index (χ1v) is 9.72. The largest absolute Gasteiger partial charge is 0.361 e. The van der Waals surface area contributed by atoms with Crippen molar-refractivity contribution < 1.29 is 14.1 Å². The van der Waals surface area contributed by atoms with Gasteiger partial charge in [-0.15, -0.1) is 11.8 Å². The summed E-state index contributed by atoms with van der Waals surface area (Å²) in [6.45, 7) is 7.45. The van der Waals surface area contributed by atoms with E-state index >= 15 is 0 Å². The van der Waals surface area contributed by atoms with Gasteiger partial charge in [-0.05, 0) is 45.4 Å². The van der Waals surface area contributed by atoms with Crippen molar-refractivity contribution in [2.75, 3.05) is 16.9 Å². The van der Waals surface area contributed by atoms with E-state index in [9.17, 15) is 9.59 Å². The van der Waals surface area contributed by atoms with Gasteiger partial charge in [0.15, 0.2) is 0 Å².